The lowest BCUT2D eigenvalue weighted by molar-refractivity contribution is 0.241. The smallest absolute Gasteiger partial charge is 0.150 e. The number of hydrogen-bond donors (Lipinski definition) is 1. The second-order valence-corrected chi connectivity index (χ2v) is 5.61. The fourth-order valence-corrected chi connectivity index (χ4v) is 2.87. The van der Waals surface area contributed by atoms with Gasteiger partial charge in [0.1, 0.15) is 0 Å². The van der Waals surface area contributed by atoms with E-state index in [9.17, 15) is 0 Å². The van der Waals surface area contributed by atoms with Gasteiger partial charge in [-0.3, -0.25) is 4.90 Å². The van der Waals surface area contributed by atoms with Crippen molar-refractivity contribution in [3.05, 3.63) is 46.8 Å². The van der Waals surface area contributed by atoms with E-state index in [0.717, 1.165) is 54.9 Å². The minimum atomic E-state index is 0.396. The normalized spacial score (nSPS) is 16.4. The number of anilines is 1. The number of halogens is 1. The maximum Gasteiger partial charge on any atom is 0.150 e. The zero-order chi connectivity index (χ0) is 14.7. The Morgan fingerprint density at radius 3 is 2.62 bits per heavy atom. The van der Waals surface area contributed by atoms with Crippen LogP contribution in [0, 0.1) is 0 Å². The molecule has 0 aliphatic carbocycles. The molecule has 0 atom stereocenters. The Bertz CT molecular complexity index is 593. The van der Waals surface area contributed by atoms with E-state index in [-0.39, 0.29) is 0 Å². The molecule has 0 radical (unpaired) electrons. The van der Waals surface area contributed by atoms with Crippen LogP contribution in [0.1, 0.15) is 11.5 Å². The van der Waals surface area contributed by atoms with Crippen LogP contribution in [0.2, 0.25) is 5.02 Å². The highest BCUT2D eigenvalue weighted by molar-refractivity contribution is 6.33. The molecule has 2 heterocycles. The van der Waals surface area contributed by atoms with Crippen molar-refractivity contribution < 1.29 is 4.52 Å². The highest BCUT2D eigenvalue weighted by Gasteiger charge is 2.19. The van der Waals surface area contributed by atoms with Crippen LogP contribution in [-0.2, 0) is 13.1 Å². The zero-order valence-electron chi connectivity index (χ0n) is 11.8. The van der Waals surface area contributed by atoms with Crippen molar-refractivity contribution in [2.75, 3.05) is 31.1 Å². The summed E-state index contributed by atoms with van der Waals surface area (Å²) in [7, 11) is 0. The quantitative estimate of drug-likeness (QED) is 0.937. The number of aromatic nitrogens is 1. The SMILES string of the molecule is NCc1cc(CN2CCN(c3ccccc3Cl)CC2)no1. The van der Waals surface area contributed by atoms with E-state index < -0.39 is 0 Å². The summed E-state index contributed by atoms with van der Waals surface area (Å²) in [4.78, 5) is 4.69. The van der Waals surface area contributed by atoms with Gasteiger partial charge in [0.15, 0.2) is 5.76 Å². The summed E-state index contributed by atoms with van der Waals surface area (Å²) in [5.74, 6) is 0.736. The van der Waals surface area contributed by atoms with E-state index in [1.165, 1.54) is 0 Å². The van der Waals surface area contributed by atoms with Crippen LogP contribution in [-0.4, -0.2) is 36.2 Å². The summed E-state index contributed by atoms with van der Waals surface area (Å²) in [5, 5.41) is 4.86. The standard InChI is InChI=1S/C15H19ClN4O/c16-14-3-1-2-4-15(14)20-7-5-19(6-8-20)11-12-9-13(10-17)21-18-12/h1-4,9H,5-8,10-11,17H2. The Morgan fingerprint density at radius 2 is 1.95 bits per heavy atom. The van der Waals surface area contributed by atoms with Crippen molar-refractivity contribution in [3.63, 3.8) is 0 Å². The average molecular weight is 307 g/mol. The molecular weight excluding hydrogens is 288 g/mol. The van der Waals surface area contributed by atoms with Crippen molar-refractivity contribution in [1.29, 1.82) is 0 Å². The summed E-state index contributed by atoms with van der Waals surface area (Å²) in [6, 6.07) is 9.93. The van der Waals surface area contributed by atoms with E-state index in [0.29, 0.717) is 6.54 Å². The largest absolute Gasteiger partial charge is 0.368 e. The number of para-hydroxylation sites is 1. The fourth-order valence-electron chi connectivity index (χ4n) is 2.61. The first kappa shape index (κ1) is 14.4. The zero-order valence-corrected chi connectivity index (χ0v) is 12.6. The number of benzene rings is 1. The molecule has 6 heteroatoms. The van der Waals surface area contributed by atoms with Crippen LogP contribution in [0.3, 0.4) is 0 Å². The van der Waals surface area contributed by atoms with Gasteiger partial charge < -0.3 is 15.2 Å². The van der Waals surface area contributed by atoms with E-state index in [2.05, 4.69) is 21.0 Å². The Hall–Kier alpha value is -1.56. The monoisotopic (exact) mass is 306 g/mol. The van der Waals surface area contributed by atoms with Gasteiger partial charge in [-0.2, -0.15) is 0 Å². The van der Waals surface area contributed by atoms with Crippen molar-refractivity contribution in [1.82, 2.24) is 10.1 Å². The Kier molecular flexibility index (Phi) is 4.43. The van der Waals surface area contributed by atoms with Gasteiger partial charge in [-0.05, 0) is 12.1 Å². The summed E-state index contributed by atoms with van der Waals surface area (Å²) in [6.07, 6.45) is 0. The molecule has 0 saturated carbocycles. The molecular formula is C15H19ClN4O. The van der Waals surface area contributed by atoms with E-state index in [1.54, 1.807) is 0 Å². The molecule has 2 N–H and O–H groups in total. The van der Waals surface area contributed by atoms with E-state index in [4.69, 9.17) is 21.9 Å². The third kappa shape index (κ3) is 3.37. The number of hydrogen-bond acceptors (Lipinski definition) is 5. The van der Waals surface area contributed by atoms with Crippen LogP contribution in [0.5, 0.6) is 0 Å². The van der Waals surface area contributed by atoms with Gasteiger partial charge in [0.05, 0.1) is 22.9 Å². The lowest BCUT2D eigenvalue weighted by Crippen LogP contribution is -2.46. The number of nitrogens with zero attached hydrogens (tertiary/aromatic N) is 3. The highest BCUT2D eigenvalue weighted by Crippen LogP contribution is 2.26. The molecule has 0 unspecified atom stereocenters. The van der Waals surface area contributed by atoms with Gasteiger partial charge >= 0.3 is 0 Å². The third-order valence-corrected chi connectivity index (χ3v) is 4.08. The molecule has 1 aromatic heterocycles. The molecule has 3 rings (SSSR count). The molecule has 1 aliphatic rings. The molecule has 5 nitrogen and oxygen atoms in total. The van der Waals surface area contributed by atoms with Gasteiger partial charge in [-0.1, -0.05) is 28.9 Å². The first-order chi connectivity index (χ1) is 10.3. The topological polar surface area (TPSA) is 58.5 Å². The van der Waals surface area contributed by atoms with Gasteiger partial charge in [-0.25, -0.2) is 0 Å². The predicted octanol–water partition coefficient (Wildman–Crippen LogP) is 2.11. The number of rotatable bonds is 4. The molecule has 1 fully saturated rings. The van der Waals surface area contributed by atoms with Gasteiger partial charge in [-0.15, -0.1) is 0 Å². The Balaban J connectivity index is 1.56. The van der Waals surface area contributed by atoms with Gasteiger partial charge in [0.2, 0.25) is 0 Å². The van der Waals surface area contributed by atoms with Crippen molar-refractivity contribution >= 4 is 17.3 Å². The maximum atomic E-state index is 6.25. The minimum Gasteiger partial charge on any atom is -0.368 e. The summed E-state index contributed by atoms with van der Waals surface area (Å²) in [6.45, 7) is 5.09. The Morgan fingerprint density at radius 1 is 1.19 bits per heavy atom. The van der Waals surface area contributed by atoms with Gasteiger partial charge in [0, 0.05) is 38.8 Å². The summed E-state index contributed by atoms with van der Waals surface area (Å²) in [5.41, 5.74) is 7.59. The van der Waals surface area contributed by atoms with Gasteiger partial charge in [0.25, 0.3) is 0 Å². The molecule has 0 amide bonds. The highest BCUT2D eigenvalue weighted by atomic mass is 35.5. The van der Waals surface area contributed by atoms with Crippen molar-refractivity contribution in [2.24, 2.45) is 5.73 Å². The second kappa shape index (κ2) is 6.47. The van der Waals surface area contributed by atoms with Crippen LogP contribution < -0.4 is 10.6 Å². The molecule has 0 bridgehead atoms. The molecule has 2 aromatic rings. The van der Waals surface area contributed by atoms with Crippen molar-refractivity contribution in [3.8, 4) is 0 Å². The summed E-state index contributed by atoms with van der Waals surface area (Å²) < 4.78 is 5.13. The van der Waals surface area contributed by atoms with Crippen LogP contribution in [0.4, 0.5) is 5.69 Å². The maximum absolute atomic E-state index is 6.25. The van der Waals surface area contributed by atoms with E-state index >= 15 is 0 Å². The Labute approximate surface area is 129 Å². The average Bonchev–Trinajstić information content (AvgIpc) is 2.96. The van der Waals surface area contributed by atoms with Crippen LogP contribution in [0.15, 0.2) is 34.9 Å². The second-order valence-electron chi connectivity index (χ2n) is 5.20. The number of piperazine rings is 1. The first-order valence-corrected chi connectivity index (χ1v) is 7.50. The fraction of sp³-hybridized carbons (Fsp3) is 0.400. The molecule has 21 heavy (non-hydrogen) atoms. The van der Waals surface area contributed by atoms with E-state index in [1.807, 2.05) is 24.3 Å². The summed E-state index contributed by atoms with van der Waals surface area (Å²) >= 11 is 6.25. The number of nitrogens with two attached hydrogens (primary N) is 1. The van der Waals surface area contributed by atoms with Crippen molar-refractivity contribution in [2.45, 2.75) is 13.1 Å². The molecule has 1 saturated heterocycles. The van der Waals surface area contributed by atoms with Crippen LogP contribution in [0.25, 0.3) is 0 Å². The third-order valence-electron chi connectivity index (χ3n) is 3.76. The van der Waals surface area contributed by atoms with Crippen LogP contribution >= 0.6 is 11.6 Å². The molecule has 0 spiro atoms. The molecule has 112 valence electrons. The molecule has 1 aromatic carbocycles. The minimum absolute atomic E-state index is 0.396. The first-order valence-electron chi connectivity index (χ1n) is 7.12. The lowest BCUT2D eigenvalue weighted by atomic mass is 10.2. The lowest BCUT2D eigenvalue weighted by Gasteiger charge is -2.36. The molecule has 1 aliphatic heterocycles. The predicted molar refractivity (Wildman–Crippen MR) is 83.3 cm³/mol.